The molecule has 0 saturated heterocycles. The first kappa shape index (κ1) is 22.4. The fraction of sp³-hybridized carbons (Fsp3) is 0.160. The van der Waals surface area contributed by atoms with E-state index in [-0.39, 0.29) is 11.7 Å². The van der Waals surface area contributed by atoms with E-state index >= 15 is 0 Å². The molecule has 1 unspecified atom stereocenters. The summed E-state index contributed by atoms with van der Waals surface area (Å²) in [6, 6.07) is 18.6. The molecular weight excluding hydrogens is 434 g/mol. The second kappa shape index (κ2) is 9.79. The Hall–Kier alpha value is -3.78. The molecule has 4 rings (SSSR count). The van der Waals surface area contributed by atoms with Crippen molar-refractivity contribution in [2.24, 2.45) is 0 Å². The average molecular weight is 458 g/mol. The van der Waals surface area contributed by atoms with Gasteiger partial charge in [-0.3, -0.25) is 19.1 Å². The van der Waals surface area contributed by atoms with Crippen LogP contribution in [0.1, 0.15) is 29.8 Å². The maximum atomic E-state index is 12.9. The third kappa shape index (κ3) is 5.01. The molecule has 8 heteroatoms. The number of hydrogen-bond acceptors (Lipinski definition) is 6. The van der Waals surface area contributed by atoms with Crippen LogP contribution in [0.3, 0.4) is 0 Å². The molecule has 0 saturated carbocycles. The van der Waals surface area contributed by atoms with Crippen molar-refractivity contribution >= 4 is 29.1 Å². The molecule has 7 nitrogen and oxygen atoms in total. The van der Waals surface area contributed by atoms with Crippen molar-refractivity contribution in [2.45, 2.75) is 31.2 Å². The van der Waals surface area contributed by atoms with E-state index in [1.165, 1.54) is 18.7 Å². The molecule has 2 aromatic heterocycles. The Morgan fingerprint density at radius 2 is 1.76 bits per heavy atom. The first-order chi connectivity index (χ1) is 15.9. The van der Waals surface area contributed by atoms with Crippen LogP contribution >= 0.6 is 11.8 Å². The van der Waals surface area contributed by atoms with Crippen LogP contribution in [0.2, 0.25) is 0 Å². The van der Waals surface area contributed by atoms with Crippen molar-refractivity contribution in [3.8, 4) is 17.1 Å². The summed E-state index contributed by atoms with van der Waals surface area (Å²) in [5.74, 6) is 0.474. The number of amides is 1. The third-order valence-corrected chi connectivity index (χ3v) is 6.16. The van der Waals surface area contributed by atoms with Crippen LogP contribution in [0.5, 0.6) is 0 Å². The Morgan fingerprint density at radius 1 is 1.00 bits per heavy atom. The van der Waals surface area contributed by atoms with E-state index in [1.807, 2.05) is 54.8 Å². The van der Waals surface area contributed by atoms with Gasteiger partial charge in [0.1, 0.15) is 0 Å². The lowest BCUT2D eigenvalue weighted by Gasteiger charge is -2.15. The molecule has 166 valence electrons. The minimum Gasteiger partial charge on any atom is -0.325 e. The van der Waals surface area contributed by atoms with Gasteiger partial charge in [0.25, 0.3) is 0 Å². The second-order valence-electron chi connectivity index (χ2n) is 7.55. The number of rotatable bonds is 7. The molecule has 33 heavy (non-hydrogen) atoms. The number of benzene rings is 2. The zero-order valence-electron chi connectivity index (χ0n) is 18.5. The van der Waals surface area contributed by atoms with Gasteiger partial charge in [0.15, 0.2) is 16.8 Å². The van der Waals surface area contributed by atoms with Crippen molar-refractivity contribution in [3.63, 3.8) is 0 Å². The first-order valence-corrected chi connectivity index (χ1v) is 11.3. The molecule has 1 N–H and O–H groups in total. The molecular formula is C25H23N5O2S. The van der Waals surface area contributed by atoms with Crippen LogP contribution in [0.25, 0.3) is 17.1 Å². The molecule has 0 bridgehead atoms. The maximum Gasteiger partial charge on any atom is 0.237 e. The van der Waals surface area contributed by atoms with Gasteiger partial charge < -0.3 is 5.32 Å². The predicted molar refractivity (Wildman–Crippen MR) is 130 cm³/mol. The molecule has 1 atom stereocenters. The van der Waals surface area contributed by atoms with E-state index in [0.717, 1.165) is 16.8 Å². The maximum absolute atomic E-state index is 12.9. The van der Waals surface area contributed by atoms with E-state index < -0.39 is 5.25 Å². The number of Topliss-reactive ketones (excluding diaryl/α,β-unsaturated/α-hetero) is 1. The summed E-state index contributed by atoms with van der Waals surface area (Å²) in [5.41, 5.74) is 4.07. The minimum absolute atomic E-state index is 0.0169. The van der Waals surface area contributed by atoms with Gasteiger partial charge in [-0.1, -0.05) is 30.0 Å². The number of nitrogens with zero attached hydrogens (tertiary/aromatic N) is 4. The standard InChI is InChI=1S/C25H23N5O2S/c1-16-7-4-5-9-22(16)30-23(20-8-6-14-26-15-20)28-29-25(30)33-18(3)24(32)27-21-12-10-19(11-13-21)17(2)31/h4-15,18H,1-3H3,(H,27,32). The van der Waals surface area contributed by atoms with E-state index in [0.29, 0.717) is 22.2 Å². The number of aromatic nitrogens is 4. The minimum atomic E-state index is -0.439. The normalized spacial score (nSPS) is 11.7. The van der Waals surface area contributed by atoms with Crippen LogP contribution < -0.4 is 5.32 Å². The number of aryl methyl sites for hydroxylation is 1. The SMILES string of the molecule is CC(=O)c1ccc(NC(=O)C(C)Sc2nnc(-c3cccnc3)n2-c2ccccc2C)cc1. The van der Waals surface area contributed by atoms with E-state index in [1.54, 1.807) is 36.7 Å². The van der Waals surface area contributed by atoms with Gasteiger partial charge >= 0.3 is 0 Å². The number of pyridine rings is 1. The summed E-state index contributed by atoms with van der Waals surface area (Å²) < 4.78 is 1.96. The summed E-state index contributed by atoms with van der Waals surface area (Å²) in [6.45, 7) is 5.36. The number of ketones is 1. The van der Waals surface area contributed by atoms with Gasteiger partial charge in [0.05, 0.1) is 10.9 Å². The van der Waals surface area contributed by atoms with Gasteiger partial charge in [0.2, 0.25) is 5.91 Å². The van der Waals surface area contributed by atoms with Crippen LogP contribution in [0.15, 0.2) is 78.2 Å². The second-order valence-corrected chi connectivity index (χ2v) is 8.86. The fourth-order valence-electron chi connectivity index (χ4n) is 3.30. The summed E-state index contributed by atoms with van der Waals surface area (Å²) >= 11 is 1.33. The Bertz CT molecular complexity index is 1290. The quantitative estimate of drug-likeness (QED) is 0.312. The largest absolute Gasteiger partial charge is 0.325 e. The average Bonchev–Trinajstić information content (AvgIpc) is 3.23. The Labute approximate surface area is 196 Å². The predicted octanol–water partition coefficient (Wildman–Crippen LogP) is 4.96. The zero-order valence-corrected chi connectivity index (χ0v) is 19.3. The summed E-state index contributed by atoms with van der Waals surface area (Å²) in [5, 5.41) is 11.9. The molecule has 2 aromatic carbocycles. The highest BCUT2D eigenvalue weighted by Gasteiger charge is 2.22. The van der Waals surface area contributed by atoms with Crippen molar-refractivity contribution in [1.82, 2.24) is 19.7 Å². The molecule has 0 spiro atoms. The van der Waals surface area contributed by atoms with Crippen LogP contribution in [-0.4, -0.2) is 36.7 Å². The lowest BCUT2D eigenvalue weighted by molar-refractivity contribution is -0.115. The molecule has 0 aliphatic heterocycles. The highest BCUT2D eigenvalue weighted by molar-refractivity contribution is 8.00. The number of hydrogen-bond donors (Lipinski definition) is 1. The number of carbonyl (C=O) groups is 2. The van der Waals surface area contributed by atoms with Gasteiger partial charge in [-0.05, 0) is 68.8 Å². The highest BCUT2D eigenvalue weighted by Crippen LogP contribution is 2.31. The van der Waals surface area contributed by atoms with Gasteiger partial charge in [-0.15, -0.1) is 10.2 Å². The fourth-order valence-corrected chi connectivity index (χ4v) is 4.16. The molecule has 0 radical (unpaired) electrons. The summed E-state index contributed by atoms with van der Waals surface area (Å²) in [7, 11) is 0. The Balaban J connectivity index is 1.61. The van der Waals surface area contributed by atoms with E-state index in [2.05, 4.69) is 20.5 Å². The summed E-state index contributed by atoms with van der Waals surface area (Å²) in [6.07, 6.45) is 3.46. The topological polar surface area (TPSA) is 89.8 Å². The molecule has 0 fully saturated rings. The molecule has 4 aromatic rings. The summed E-state index contributed by atoms with van der Waals surface area (Å²) in [4.78, 5) is 28.5. The van der Waals surface area contributed by atoms with Crippen molar-refractivity contribution in [3.05, 3.63) is 84.2 Å². The van der Waals surface area contributed by atoms with Gasteiger partial charge in [-0.2, -0.15) is 0 Å². The van der Waals surface area contributed by atoms with Crippen molar-refractivity contribution in [2.75, 3.05) is 5.32 Å². The van der Waals surface area contributed by atoms with E-state index in [9.17, 15) is 9.59 Å². The monoisotopic (exact) mass is 457 g/mol. The Morgan fingerprint density at radius 3 is 2.42 bits per heavy atom. The zero-order chi connectivity index (χ0) is 23.4. The number of para-hydroxylation sites is 1. The number of nitrogens with one attached hydrogen (secondary N) is 1. The van der Waals surface area contributed by atoms with Gasteiger partial charge in [0, 0.05) is 29.2 Å². The lowest BCUT2D eigenvalue weighted by Crippen LogP contribution is -2.23. The third-order valence-electron chi connectivity index (χ3n) is 5.12. The molecule has 2 heterocycles. The van der Waals surface area contributed by atoms with Crippen LogP contribution in [-0.2, 0) is 4.79 Å². The molecule has 0 aliphatic carbocycles. The Kier molecular flexibility index (Phi) is 6.65. The number of thioether (sulfide) groups is 1. The van der Waals surface area contributed by atoms with E-state index in [4.69, 9.17) is 0 Å². The van der Waals surface area contributed by atoms with Crippen molar-refractivity contribution in [1.29, 1.82) is 0 Å². The van der Waals surface area contributed by atoms with Crippen molar-refractivity contribution < 1.29 is 9.59 Å². The number of anilines is 1. The van der Waals surface area contributed by atoms with Crippen LogP contribution in [0, 0.1) is 6.92 Å². The van der Waals surface area contributed by atoms with Gasteiger partial charge in [-0.25, -0.2) is 0 Å². The highest BCUT2D eigenvalue weighted by atomic mass is 32.2. The first-order valence-electron chi connectivity index (χ1n) is 10.4. The van der Waals surface area contributed by atoms with Crippen LogP contribution in [0.4, 0.5) is 5.69 Å². The smallest absolute Gasteiger partial charge is 0.237 e. The molecule has 0 aliphatic rings. The number of carbonyl (C=O) groups excluding carboxylic acids is 2. The molecule has 1 amide bonds. The lowest BCUT2D eigenvalue weighted by atomic mass is 10.1.